The lowest BCUT2D eigenvalue weighted by Crippen LogP contribution is -2.40. The van der Waals surface area contributed by atoms with E-state index in [9.17, 15) is 9.59 Å². The maximum atomic E-state index is 11.7. The quantitative estimate of drug-likeness (QED) is 0.659. The van der Waals surface area contributed by atoms with Crippen molar-refractivity contribution < 1.29 is 9.59 Å². The molecule has 1 aliphatic heterocycles. The smallest absolute Gasteiger partial charge is 0.223 e. The highest BCUT2D eigenvalue weighted by Crippen LogP contribution is 2.21. The van der Waals surface area contributed by atoms with Gasteiger partial charge in [0, 0.05) is 18.9 Å². The predicted molar refractivity (Wildman–Crippen MR) is 50.3 cm³/mol. The van der Waals surface area contributed by atoms with Crippen LogP contribution in [0.1, 0.15) is 33.6 Å². The highest BCUT2D eigenvalue weighted by Gasteiger charge is 2.35. The second-order valence-corrected chi connectivity index (χ2v) is 3.79. The molecule has 0 spiro atoms. The number of likely N-dealkylation sites (N-methyl/N-ethyl adjacent to an activating group) is 1. The highest BCUT2D eigenvalue weighted by atomic mass is 16.2. The maximum absolute atomic E-state index is 11.7. The molecule has 0 aliphatic carbocycles. The van der Waals surface area contributed by atoms with Crippen molar-refractivity contribution in [3.05, 3.63) is 0 Å². The number of carbonyl (C=O) groups excluding carboxylic acids is 2. The Balaban J connectivity index is 2.70. The number of likely N-dealkylation sites (tertiary alicyclic amines) is 1. The molecule has 3 heteroatoms. The van der Waals surface area contributed by atoms with Crippen LogP contribution in [0.5, 0.6) is 0 Å². The van der Waals surface area contributed by atoms with Gasteiger partial charge in [0.05, 0.1) is 6.04 Å². The van der Waals surface area contributed by atoms with E-state index in [1.165, 1.54) is 0 Å². The Labute approximate surface area is 79.1 Å². The summed E-state index contributed by atoms with van der Waals surface area (Å²) in [5, 5.41) is 0. The molecule has 1 rings (SSSR count). The van der Waals surface area contributed by atoms with Gasteiger partial charge >= 0.3 is 0 Å². The zero-order valence-corrected chi connectivity index (χ0v) is 8.54. The molecule has 0 aromatic carbocycles. The van der Waals surface area contributed by atoms with E-state index in [1.54, 1.807) is 4.90 Å². The van der Waals surface area contributed by atoms with Crippen molar-refractivity contribution in [1.82, 2.24) is 4.90 Å². The van der Waals surface area contributed by atoms with Crippen LogP contribution in [0, 0.1) is 5.92 Å². The summed E-state index contributed by atoms with van der Waals surface area (Å²) in [7, 11) is 0. The number of Topliss-reactive ketones (excluding diaryl/α,β-unsaturated/α-hetero) is 1. The molecule has 0 N–H and O–H groups in total. The maximum Gasteiger partial charge on any atom is 0.223 e. The third-order valence-corrected chi connectivity index (χ3v) is 2.57. The molecule has 13 heavy (non-hydrogen) atoms. The number of rotatable bonds is 3. The van der Waals surface area contributed by atoms with Crippen LogP contribution in [0.2, 0.25) is 0 Å². The number of hydrogen-bond donors (Lipinski definition) is 0. The van der Waals surface area contributed by atoms with Gasteiger partial charge in [-0.15, -0.1) is 0 Å². The minimum atomic E-state index is -0.141. The molecule has 0 saturated carbocycles. The summed E-state index contributed by atoms with van der Waals surface area (Å²) in [5.74, 6) is 0.360. The Morgan fingerprint density at radius 2 is 2.23 bits per heavy atom. The highest BCUT2D eigenvalue weighted by molar-refractivity contribution is 5.93. The van der Waals surface area contributed by atoms with Gasteiger partial charge in [0.2, 0.25) is 5.91 Å². The van der Waals surface area contributed by atoms with E-state index >= 15 is 0 Å². The van der Waals surface area contributed by atoms with Gasteiger partial charge < -0.3 is 4.90 Å². The van der Waals surface area contributed by atoms with Crippen LogP contribution in [-0.2, 0) is 9.59 Å². The lowest BCUT2D eigenvalue weighted by Gasteiger charge is -2.23. The first kappa shape index (κ1) is 10.2. The van der Waals surface area contributed by atoms with Gasteiger partial charge in [0.1, 0.15) is 0 Å². The summed E-state index contributed by atoms with van der Waals surface area (Å²) in [6, 6.07) is -0.141. The monoisotopic (exact) mass is 183 g/mol. The number of ketones is 1. The zero-order chi connectivity index (χ0) is 10.0. The van der Waals surface area contributed by atoms with Crippen molar-refractivity contribution in [2.45, 2.75) is 39.7 Å². The molecule has 1 aliphatic rings. The van der Waals surface area contributed by atoms with E-state index in [4.69, 9.17) is 0 Å². The topological polar surface area (TPSA) is 37.4 Å². The van der Waals surface area contributed by atoms with Crippen molar-refractivity contribution in [3.63, 3.8) is 0 Å². The van der Waals surface area contributed by atoms with E-state index in [1.807, 2.05) is 20.8 Å². The van der Waals surface area contributed by atoms with E-state index in [-0.39, 0.29) is 23.7 Å². The van der Waals surface area contributed by atoms with Crippen LogP contribution >= 0.6 is 0 Å². The van der Waals surface area contributed by atoms with Crippen molar-refractivity contribution in [3.8, 4) is 0 Å². The Kier molecular flexibility index (Phi) is 3.07. The molecular weight excluding hydrogens is 166 g/mol. The SMILES string of the molecule is CCN1C(=O)CCC1C(=O)C(C)C. The molecule has 1 amide bonds. The first-order valence-electron chi connectivity index (χ1n) is 4.91. The second-order valence-electron chi connectivity index (χ2n) is 3.79. The summed E-state index contributed by atoms with van der Waals surface area (Å²) >= 11 is 0. The van der Waals surface area contributed by atoms with Crippen LogP contribution in [0.15, 0.2) is 0 Å². The fraction of sp³-hybridized carbons (Fsp3) is 0.800. The van der Waals surface area contributed by atoms with Gasteiger partial charge in [0.15, 0.2) is 5.78 Å². The Morgan fingerprint density at radius 3 is 2.69 bits per heavy atom. The van der Waals surface area contributed by atoms with Gasteiger partial charge in [-0.25, -0.2) is 0 Å². The molecular formula is C10H17NO2. The van der Waals surface area contributed by atoms with Gasteiger partial charge in [-0.3, -0.25) is 9.59 Å². The number of nitrogens with zero attached hydrogens (tertiary/aromatic N) is 1. The summed E-state index contributed by atoms with van der Waals surface area (Å²) in [4.78, 5) is 24.7. The standard InChI is InChI=1S/C10H17NO2/c1-4-11-8(5-6-9(11)12)10(13)7(2)3/h7-8H,4-6H2,1-3H3. The molecule has 0 aromatic heterocycles. The fourth-order valence-electron chi connectivity index (χ4n) is 1.81. The molecule has 1 unspecified atom stereocenters. The molecule has 1 fully saturated rings. The Hall–Kier alpha value is -0.860. The van der Waals surface area contributed by atoms with Gasteiger partial charge in [0.25, 0.3) is 0 Å². The first-order chi connectivity index (χ1) is 6.07. The fourth-order valence-corrected chi connectivity index (χ4v) is 1.81. The third kappa shape index (κ3) is 1.90. The van der Waals surface area contributed by atoms with E-state index in [2.05, 4.69) is 0 Å². The third-order valence-electron chi connectivity index (χ3n) is 2.57. The molecule has 0 radical (unpaired) electrons. The second kappa shape index (κ2) is 3.90. The molecule has 1 heterocycles. The average Bonchev–Trinajstić information content (AvgIpc) is 2.45. The van der Waals surface area contributed by atoms with Gasteiger partial charge in [-0.2, -0.15) is 0 Å². The summed E-state index contributed by atoms with van der Waals surface area (Å²) in [6.45, 7) is 6.35. The van der Waals surface area contributed by atoms with Crippen molar-refractivity contribution >= 4 is 11.7 Å². The van der Waals surface area contributed by atoms with Crippen LogP contribution in [-0.4, -0.2) is 29.2 Å². The average molecular weight is 183 g/mol. The normalized spacial score (nSPS) is 22.9. The largest absolute Gasteiger partial charge is 0.333 e. The first-order valence-corrected chi connectivity index (χ1v) is 4.91. The van der Waals surface area contributed by atoms with Gasteiger partial charge in [-0.1, -0.05) is 13.8 Å². The number of hydrogen-bond acceptors (Lipinski definition) is 2. The van der Waals surface area contributed by atoms with Crippen molar-refractivity contribution in [1.29, 1.82) is 0 Å². The number of amides is 1. The summed E-state index contributed by atoms with van der Waals surface area (Å²) in [5.41, 5.74) is 0. The lowest BCUT2D eigenvalue weighted by atomic mass is 10.00. The predicted octanol–water partition coefficient (Wildman–Crippen LogP) is 1.22. The van der Waals surface area contributed by atoms with E-state index in [0.29, 0.717) is 19.4 Å². The van der Waals surface area contributed by atoms with Crippen LogP contribution in [0.25, 0.3) is 0 Å². The van der Waals surface area contributed by atoms with Crippen molar-refractivity contribution in [2.75, 3.05) is 6.54 Å². The minimum Gasteiger partial charge on any atom is -0.333 e. The zero-order valence-electron chi connectivity index (χ0n) is 8.54. The van der Waals surface area contributed by atoms with Crippen LogP contribution < -0.4 is 0 Å². The van der Waals surface area contributed by atoms with Crippen molar-refractivity contribution in [2.24, 2.45) is 5.92 Å². The number of carbonyl (C=O) groups is 2. The van der Waals surface area contributed by atoms with E-state index < -0.39 is 0 Å². The molecule has 1 atom stereocenters. The van der Waals surface area contributed by atoms with Gasteiger partial charge in [-0.05, 0) is 13.3 Å². The summed E-state index contributed by atoms with van der Waals surface area (Å²) < 4.78 is 0. The van der Waals surface area contributed by atoms with Crippen LogP contribution in [0.4, 0.5) is 0 Å². The Bertz CT molecular complexity index is 223. The minimum absolute atomic E-state index is 0.0324. The molecule has 74 valence electrons. The molecule has 0 bridgehead atoms. The summed E-state index contributed by atoms with van der Waals surface area (Å²) in [6.07, 6.45) is 1.25. The molecule has 1 saturated heterocycles. The van der Waals surface area contributed by atoms with E-state index in [0.717, 1.165) is 0 Å². The Morgan fingerprint density at radius 1 is 1.62 bits per heavy atom. The molecule has 3 nitrogen and oxygen atoms in total. The lowest BCUT2D eigenvalue weighted by molar-refractivity contribution is -0.135. The molecule has 0 aromatic rings. The van der Waals surface area contributed by atoms with Crippen LogP contribution in [0.3, 0.4) is 0 Å².